The van der Waals surface area contributed by atoms with Crippen molar-refractivity contribution in [3.05, 3.63) is 47.5 Å². The van der Waals surface area contributed by atoms with E-state index in [2.05, 4.69) is 24.9 Å². The van der Waals surface area contributed by atoms with E-state index in [4.69, 9.17) is 0 Å². The zero-order chi connectivity index (χ0) is 15.7. The van der Waals surface area contributed by atoms with E-state index in [0.29, 0.717) is 17.1 Å². The maximum absolute atomic E-state index is 12.4. The van der Waals surface area contributed by atoms with E-state index in [0.717, 1.165) is 11.0 Å². The molecule has 114 valence electrons. The highest BCUT2D eigenvalue weighted by atomic mass is 32.2. The zero-order valence-electron chi connectivity index (χ0n) is 12.2. The average Bonchev–Trinajstić information content (AvgIpc) is 2.85. The molecule has 0 saturated heterocycles. The molecule has 0 bridgehead atoms. The van der Waals surface area contributed by atoms with Gasteiger partial charge in [-0.15, -0.1) is 0 Å². The molecule has 0 spiro atoms. The Bertz CT molecular complexity index is 914. The summed E-state index contributed by atoms with van der Waals surface area (Å²) >= 11 is 0. The van der Waals surface area contributed by atoms with Gasteiger partial charge in [-0.1, -0.05) is 12.1 Å². The van der Waals surface area contributed by atoms with Gasteiger partial charge in [0.05, 0.1) is 40.9 Å². The second-order valence-electron chi connectivity index (χ2n) is 4.94. The lowest BCUT2D eigenvalue weighted by atomic mass is 10.3. The molecule has 0 saturated carbocycles. The van der Waals surface area contributed by atoms with Crippen molar-refractivity contribution >= 4 is 21.1 Å². The van der Waals surface area contributed by atoms with Gasteiger partial charge in [-0.3, -0.25) is 10.1 Å². The summed E-state index contributed by atoms with van der Waals surface area (Å²) < 4.78 is 27.2. The molecule has 2 heterocycles. The zero-order valence-corrected chi connectivity index (χ0v) is 13.0. The van der Waals surface area contributed by atoms with Gasteiger partial charge in [-0.05, 0) is 26.0 Å². The first-order valence-electron chi connectivity index (χ1n) is 6.69. The first-order chi connectivity index (χ1) is 10.5. The Morgan fingerprint density at radius 2 is 1.91 bits per heavy atom. The van der Waals surface area contributed by atoms with E-state index in [-0.39, 0.29) is 11.4 Å². The molecule has 0 unspecified atom stereocenters. The second kappa shape index (κ2) is 5.47. The van der Waals surface area contributed by atoms with Crippen LogP contribution in [-0.2, 0) is 16.6 Å². The van der Waals surface area contributed by atoms with Crippen LogP contribution in [0.2, 0.25) is 0 Å². The number of hydrogen-bond acceptors (Lipinski definition) is 5. The fraction of sp³-hybridized carbons (Fsp3) is 0.214. The lowest BCUT2D eigenvalue weighted by molar-refractivity contribution is 0.579. The van der Waals surface area contributed by atoms with Crippen molar-refractivity contribution in [3.63, 3.8) is 0 Å². The van der Waals surface area contributed by atoms with Crippen molar-refractivity contribution in [1.82, 2.24) is 24.9 Å². The topological polar surface area (TPSA) is 101 Å². The van der Waals surface area contributed by atoms with E-state index in [1.165, 1.54) is 0 Å². The van der Waals surface area contributed by atoms with Gasteiger partial charge in [0, 0.05) is 0 Å². The van der Waals surface area contributed by atoms with E-state index >= 15 is 0 Å². The molecule has 0 aliphatic rings. The van der Waals surface area contributed by atoms with Crippen molar-refractivity contribution in [3.8, 4) is 0 Å². The number of hydrogen-bond donors (Lipinski definition) is 2. The normalized spacial score (nSPS) is 11.9. The molecule has 2 aromatic heterocycles. The third-order valence-corrected chi connectivity index (χ3v) is 4.93. The molecule has 3 rings (SSSR count). The fourth-order valence-electron chi connectivity index (χ4n) is 2.26. The van der Waals surface area contributed by atoms with Gasteiger partial charge in [0.15, 0.2) is 0 Å². The molecule has 7 nitrogen and oxygen atoms in total. The minimum Gasteiger partial charge on any atom is -0.281 e. The maximum atomic E-state index is 12.4. The van der Waals surface area contributed by atoms with Crippen molar-refractivity contribution in [2.75, 3.05) is 0 Å². The van der Waals surface area contributed by atoms with Gasteiger partial charge in [0.25, 0.3) is 0 Å². The number of nitrogens with zero attached hydrogens (tertiary/aromatic N) is 3. The molecule has 22 heavy (non-hydrogen) atoms. The van der Waals surface area contributed by atoms with Gasteiger partial charge in [-0.25, -0.2) is 18.1 Å². The number of fused-ring (bicyclic) bond motifs is 1. The van der Waals surface area contributed by atoms with Crippen LogP contribution in [0.1, 0.15) is 17.1 Å². The number of H-pyrrole nitrogens is 1. The smallest absolute Gasteiger partial charge is 0.244 e. The fourth-order valence-corrected chi connectivity index (χ4v) is 3.62. The summed E-state index contributed by atoms with van der Waals surface area (Å²) in [4.78, 5) is 8.84. The number of rotatable bonds is 4. The average molecular weight is 317 g/mol. The molecule has 0 radical (unpaired) electrons. The Kier molecular flexibility index (Phi) is 3.63. The summed E-state index contributed by atoms with van der Waals surface area (Å²) in [6.45, 7) is 3.39. The second-order valence-corrected chi connectivity index (χ2v) is 6.64. The van der Waals surface area contributed by atoms with Crippen LogP contribution in [0.15, 0.2) is 35.4 Å². The summed E-state index contributed by atoms with van der Waals surface area (Å²) in [5.74, 6) is 0. The van der Waals surface area contributed by atoms with Crippen molar-refractivity contribution in [1.29, 1.82) is 0 Å². The molecule has 0 aliphatic carbocycles. The van der Waals surface area contributed by atoms with Gasteiger partial charge < -0.3 is 0 Å². The standard InChI is InChI=1S/C14H15N5O2S/c1-9-14(10(2)19-18-9)22(20,21)16-8-11-7-15-12-5-3-4-6-13(12)17-11/h3-7,16H,8H2,1-2H3,(H,18,19). The van der Waals surface area contributed by atoms with Crippen molar-refractivity contribution in [2.24, 2.45) is 0 Å². The van der Waals surface area contributed by atoms with Crippen LogP contribution in [-0.4, -0.2) is 28.6 Å². The Labute approximate surface area is 127 Å². The van der Waals surface area contributed by atoms with Crippen LogP contribution < -0.4 is 4.72 Å². The molecule has 0 atom stereocenters. The lowest BCUT2D eigenvalue weighted by Crippen LogP contribution is -2.24. The number of aryl methyl sites for hydroxylation is 2. The number of para-hydroxylation sites is 2. The molecule has 0 amide bonds. The minimum absolute atomic E-state index is 0.0736. The molecule has 8 heteroatoms. The predicted molar refractivity (Wildman–Crippen MR) is 81.6 cm³/mol. The lowest BCUT2D eigenvalue weighted by Gasteiger charge is -2.07. The maximum Gasteiger partial charge on any atom is 0.244 e. The van der Waals surface area contributed by atoms with Gasteiger partial charge >= 0.3 is 0 Å². The number of nitrogens with one attached hydrogen (secondary N) is 2. The number of aromatic amines is 1. The van der Waals surface area contributed by atoms with Crippen molar-refractivity contribution < 1.29 is 8.42 Å². The third kappa shape index (κ3) is 2.70. The van der Waals surface area contributed by atoms with Crippen LogP contribution in [0.25, 0.3) is 11.0 Å². The molecular weight excluding hydrogens is 302 g/mol. The number of aromatic nitrogens is 4. The molecule has 2 N–H and O–H groups in total. The Morgan fingerprint density at radius 3 is 2.59 bits per heavy atom. The third-order valence-electron chi connectivity index (χ3n) is 3.27. The van der Waals surface area contributed by atoms with E-state index in [1.54, 1.807) is 20.0 Å². The summed E-state index contributed by atoms with van der Waals surface area (Å²) in [7, 11) is -3.64. The van der Waals surface area contributed by atoms with Gasteiger partial charge in [0.1, 0.15) is 4.90 Å². The quantitative estimate of drug-likeness (QED) is 0.758. The first-order valence-corrected chi connectivity index (χ1v) is 8.17. The van der Waals surface area contributed by atoms with Crippen LogP contribution in [0.4, 0.5) is 0 Å². The molecule has 0 fully saturated rings. The van der Waals surface area contributed by atoms with Crippen LogP contribution >= 0.6 is 0 Å². The molecule has 0 aliphatic heterocycles. The summed E-state index contributed by atoms with van der Waals surface area (Å²) in [5, 5.41) is 6.57. The molecule has 1 aromatic carbocycles. The molecular formula is C14H15N5O2S. The Morgan fingerprint density at radius 1 is 1.18 bits per heavy atom. The largest absolute Gasteiger partial charge is 0.281 e. The summed E-state index contributed by atoms with van der Waals surface area (Å²) in [5.41, 5.74) is 3.01. The summed E-state index contributed by atoms with van der Waals surface area (Å²) in [6, 6.07) is 7.44. The Balaban J connectivity index is 1.84. The van der Waals surface area contributed by atoms with Crippen LogP contribution in [0.5, 0.6) is 0 Å². The van der Waals surface area contributed by atoms with Crippen LogP contribution in [0.3, 0.4) is 0 Å². The minimum atomic E-state index is -3.64. The van der Waals surface area contributed by atoms with Gasteiger partial charge in [0.2, 0.25) is 10.0 Å². The predicted octanol–water partition coefficient (Wildman–Crippen LogP) is 1.45. The highest BCUT2D eigenvalue weighted by molar-refractivity contribution is 7.89. The van der Waals surface area contributed by atoms with Crippen molar-refractivity contribution in [2.45, 2.75) is 25.3 Å². The van der Waals surface area contributed by atoms with E-state index in [1.807, 2.05) is 24.3 Å². The number of benzene rings is 1. The van der Waals surface area contributed by atoms with Gasteiger partial charge in [-0.2, -0.15) is 5.10 Å². The highest BCUT2D eigenvalue weighted by Gasteiger charge is 2.22. The molecule has 3 aromatic rings. The SMILES string of the molecule is Cc1n[nH]c(C)c1S(=O)(=O)NCc1cnc2ccccc2n1. The van der Waals surface area contributed by atoms with E-state index < -0.39 is 10.0 Å². The highest BCUT2D eigenvalue weighted by Crippen LogP contribution is 2.16. The van der Waals surface area contributed by atoms with E-state index in [9.17, 15) is 8.42 Å². The monoisotopic (exact) mass is 317 g/mol. The van der Waals surface area contributed by atoms with Crippen LogP contribution in [0, 0.1) is 13.8 Å². The number of sulfonamides is 1. The summed E-state index contributed by atoms with van der Waals surface area (Å²) in [6.07, 6.45) is 1.57. The first kappa shape index (κ1) is 14.6. The Hall–Kier alpha value is -2.32.